The molecule has 0 saturated carbocycles. The van der Waals surface area contributed by atoms with Crippen LogP contribution in [0.5, 0.6) is 0 Å². The van der Waals surface area contributed by atoms with Gasteiger partial charge >= 0.3 is 6.18 Å². The highest BCUT2D eigenvalue weighted by Crippen LogP contribution is 2.38. The summed E-state index contributed by atoms with van der Waals surface area (Å²) in [6, 6.07) is 8.03. The van der Waals surface area contributed by atoms with Crippen molar-refractivity contribution in [3.8, 4) is 22.5 Å². The maximum Gasteiger partial charge on any atom is 0.405 e. The molecule has 0 atom stereocenters. The first-order valence-electron chi connectivity index (χ1n) is 13.1. The van der Waals surface area contributed by atoms with Gasteiger partial charge in [0, 0.05) is 29.9 Å². The number of benzene rings is 1. The van der Waals surface area contributed by atoms with Gasteiger partial charge in [0.2, 0.25) is 12.1 Å². The van der Waals surface area contributed by atoms with Gasteiger partial charge in [0.1, 0.15) is 23.9 Å². The van der Waals surface area contributed by atoms with E-state index >= 15 is 0 Å². The van der Waals surface area contributed by atoms with Gasteiger partial charge in [-0.2, -0.15) is 23.1 Å². The predicted molar refractivity (Wildman–Crippen MR) is 150 cm³/mol. The van der Waals surface area contributed by atoms with Gasteiger partial charge in [0.05, 0.1) is 27.7 Å². The van der Waals surface area contributed by atoms with E-state index in [2.05, 4.69) is 36.1 Å². The average molecular weight is 612 g/mol. The molecule has 4 heterocycles. The Morgan fingerprint density at radius 2 is 1.73 bits per heavy atom. The molecule has 0 spiro atoms. The number of hydrogen-bond donors (Lipinski definition) is 3. The number of aryl methyl sites for hydroxylation is 1. The Balaban J connectivity index is 1.66. The Labute approximate surface area is 247 Å². The lowest BCUT2D eigenvalue weighted by Gasteiger charge is -2.23. The maximum atomic E-state index is 13.6. The fourth-order valence-electron chi connectivity index (χ4n) is 4.48. The third-order valence-corrected chi connectivity index (χ3v) is 6.69. The molecule has 44 heavy (non-hydrogen) atoms. The van der Waals surface area contributed by atoms with Gasteiger partial charge in [-0.05, 0) is 57.2 Å². The second-order valence-corrected chi connectivity index (χ2v) is 10.3. The summed E-state index contributed by atoms with van der Waals surface area (Å²) < 4.78 is 64.1. The lowest BCUT2D eigenvalue weighted by atomic mass is 9.99. The number of halogens is 4. The Kier molecular flexibility index (Phi) is 7.80. The molecule has 4 aromatic heterocycles. The molecule has 11 nitrogen and oxygen atoms in total. The molecule has 0 radical (unpaired) electrons. The quantitative estimate of drug-likeness (QED) is 0.197. The summed E-state index contributed by atoms with van der Waals surface area (Å²) in [5.74, 6) is -1.62. The summed E-state index contributed by atoms with van der Waals surface area (Å²) in [4.78, 5) is 39.0. The van der Waals surface area contributed by atoms with Gasteiger partial charge in [-0.25, -0.2) is 4.39 Å². The maximum absolute atomic E-state index is 13.6. The molecule has 0 unspecified atom stereocenters. The number of anilines is 1. The minimum absolute atomic E-state index is 0.0325. The fraction of sp³-hybridized carbons (Fsp3) is 0.241. The van der Waals surface area contributed by atoms with Gasteiger partial charge < -0.3 is 24.9 Å². The second-order valence-electron chi connectivity index (χ2n) is 10.3. The van der Waals surface area contributed by atoms with E-state index in [1.54, 1.807) is 20.8 Å². The standard InChI is InChI=1S/C29H25F4N7O4/c1-14-18(24(41)39-28(2,3)27-37-13-43-40-27)9-16(11-35-14)19-10-20-21(25(42)34-4)22(15-5-7-17(30)8-6-15)44-26(20)38-23(19)36-12-29(31,32)33/h5-11,13H,12H2,1-4H3,(H,34,42)(H,36,38)(H,39,41). The van der Waals surface area contributed by atoms with Crippen LogP contribution in [0.2, 0.25) is 0 Å². The number of alkyl halides is 3. The van der Waals surface area contributed by atoms with Gasteiger partial charge in [-0.15, -0.1) is 0 Å². The number of pyridine rings is 2. The van der Waals surface area contributed by atoms with Crippen molar-refractivity contribution in [2.24, 2.45) is 0 Å². The minimum atomic E-state index is -4.60. The molecule has 2 amide bonds. The summed E-state index contributed by atoms with van der Waals surface area (Å²) >= 11 is 0. The first kappa shape index (κ1) is 30.1. The number of carbonyl (C=O) groups excluding carboxylic acids is 2. The van der Waals surface area contributed by atoms with E-state index in [9.17, 15) is 27.2 Å². The summed E-state index contributed by atoms with van der Waals surface area (Å²) in [6.07, 6.45) is -2.10. The molecule has 15 heteroatoms. The molecule has 0 saturated heterocycles. The number of nitrogens with one attached hydrogen (secondary N) is 3. The smallest absolute Gasteiger partial charge is 0.405 e. The number of amides is 2. The van der Waals surface area contributed by atoms with E-state index in [0.29, 0.717) is 11.3 Å². The highest BCUT2D eigenvalue weighted by Gasteiger charge is 2.31. The van der Waals surface area contributed by atoms with E-state index in [1.165, 1.54) is 49.6 Å². The van der Waals surface area contributed by atoms with Crippen LogP contribution in [0.15, 0.2) is 57.9 Å². The van der Waals surface area contributed by atoms with E-state index in [1.807, 2.05) is 0 Å². The van der Waals surface area contributed by atoms with Crippen molar-refractivity contribution in [3.05, 3.63) is 77.5 Å². The molecule has 0 bridgehead atoms. The number of aromatic nitrogens is 4. The molecular weight excluding hydrogens is 586 g/mol. The summed E-state index contributed by atoms with van der Waals surface area (Å²) in [5.41, 5.74) is -0.0195. The lowest BCUT2D eigenvalue weighted by molar-refractivity contribution is -0.115. The van der Waals surface area contributed by atoms with Gasteiger partial charge in [0.25, 0.3) is 11.8 Å². The van der Waals surface area contributed by atoms with Crippen LogP contribution >= 0.6 is 0 Å². The number of fused-ring (bicyclic) bond motifs is 1. The average Bonchev–Trinajstić information content (AvgIpc) is 3.64. The van der Waals surface area contributed by atoms with Crippen LogP contribution in [0, 0.1) is 12.7 Å². The normalized spacial score (nSPS) is 11.9. The largest absolute Gasteiger partial charge is 0.437 e. The van der Waals surface area contributed by atoms with Gasteiger partial charge in [-0.1, -0.05) is 5.16 Å². The molecule has 5 aromatic rings. The molecule has 0 aliphatic rings. The third kappa shape index (κ3) is 6.07. The highest BCUT2D eigenvalue weighted by atomic mass is 19.4. The Morgan fingerprint density at radius 3 is 2.36 bits per heavy atom. The van der Waals surface area contributed by atoms with Crippen molar-refractivity contribution in [2.75, 3.05) is 18.9 Å². The minimum Gasteiger partial charge on any atom is -0.437 e. The lowest BCUT2D eigenvalue weighted by Crippen LogP contribution is -2.42. The summed E-state index contributed by atoms with van der Waals surface area (Å²) in [7, 11) is 1.40. The highest BCUT2D eigenvalue weighted by molar-refractivity contribution is 6.11. The van der Waals surface area contributed by atoms with Crippen LogP contribution in [-0.4, -0.2) is 51.7 Å². The van der Waals surface area contributed by atoms with Crippen molar-refractivity contribution in [3.63, 3.8) is 0 Å². The summed E-state index contributed by atoms with van der Waals surface area (Å²) in [5, 5.41) is 11.5. The van der Waals surface area contributed by atoms with Crippen LogP contribution in [0.25, 0.3) is 33.6 Å². The van der Waals surface area contributed by atoms with Crippen LogP contribution in [0.4, 0.5) is 23.4 Å². The van der Waals surface area contributed by atoms with Crippen LogP contribution in [0.3, 0.4) is 0 Å². The molecule has 0 aliphatic carbocycles. The molecule has 228 valence electrons. The molecular formula is C29H25F4N7O4. The topological polar surface area (TPSA) is 148 Å². The van der Waals surface area contributed by atoms with Crippen molar-refractivity contribution in [1.29, 1.82) is 0 Å². The van der Waals surface area contributed by atoms with E-state index in [0.717, 1.165) is 6.39 Å². The van der Waals surface area contributed by atoms with Crippen molar-refractivity contribution < 1.29 is 36.1 Å². The number of hydrogen-bond acceptors (Lipinski definition) is 9. The monoisotopic (exact) mass is 611 g/mol. The molecule has 1 aromatic carbocycles. The molecule has 0 aliphatic heterocycles. The predicted octanol–water partition coefficient (Wildman–Crippen LogP) is 5.39. The third-order valence-electron chi connectivity index (χ3n) is 6.69. The SMILES string of the molecule is CNC(=O)c1c(-c2ccc(F)cc2)oc2nc(NCC(F)(F)F)c(-c3cnc(C)c(C(=O)NC(C)(C)c4ncon4)c3)cc12. The van der Waals surface area contributed by atoms with Crippen molar-refractivity contribution in [1.82, 2.24) is 30.7 Å². The molecule has 3 N–H and O–H groups in total. The van der Waals surface area contributed by atoms with Crippen LogP contribution < -0.4 is 16.0 Å². The second kappa shape index (κ2) is 11.4. The number of furan rings is 1. The molecule has 5 rings (SSSR count). The van der Waals surface area contributed by atoms with Gasteiger partial charge in [-0.3, -0.25) is 14.6 Å². The molecule has 0 fully saturated rings. The number of carbonyl (C=O) groups is 2. The van der Waals surface area contributed by atoms with E-state index in [4.69, 9.17) is 8.94 Å². The Morgan fingerprint density at radius 1 is 1.00 bits per heavy atom. The fourth-order valence-corrected chi connectivity index (χ4v) is 4.48. The summed E-state index contributed by atoms with van der Waals surface area (Å²) in [6.45, 7) is 3.49. The van der Waals surface area contributed by atoms with Crippen molar-refractivity contribution >= 4 is 28.7 Å². The first-order valence-corrected chi connectivity index (χ1v) is 13.1. The van der Waals surface area contributed by atoms with Crippen molar-refractivity contribution in [2.45, 2.75) is 32.5 Å². The zero-order chi connectivity index (χ0) is 31.8. The number of rotatable bonds is 8. The van der Waals surface area contributed by atoms with Crippen LogP contribution in [0.1, 0.15) is 46.1 Å². The van der Waals surface area contributed by atoms with E-state index < -0.39 is 35.9 Å². The zero-order valence-electron chi connectivity index (χ0n) is 23.8. The van der Waals surface area contributed by atoms with Gasteiger partial charge in [0.15, 0.2) is 5.82 Å². The number of nitrogens with zero attached hydrogens (tertiary/aromatic N) is 4. The Hall–Kier alpha value is -5.34. The zero-order valence-corrected chi connectivity index (χ0v) is 23.8. The Bertz CT molecular complexity index is 1850. The van der Waals surface area contributed by atoms with Crippen LogP contribution in [-0.2, 0) is 5.54 Å². The van der Waals surface area contributed by atoms with E-state index in [-0.39, 0.29) is 50.8 Å². The first-order chi connectivity index (χ1) is 20.8.